The Balaban J connectivity index is 1.21. The van der Waals surface area contributed by atoms with Gasteiger partial charge >= 0.3 is 5.97 Å². The fraction of sp³-hybridized carbons (Fsp3) is 0.292. The predicted molar refractivity (Wildman–Crippen MR) is 125 cm³/mol. The van der Waals surface area contributed by atoms with E-state index in [1.165, 1.54) is 4.70 Å². The van der Waals surface area contributed by atoms with Crippen molar-refractivity contribution in [2.75, 3.05) is 37.6 Å². The van der Waals surface area contributed by atoms with Crippen molar-refractivity contribution in [1.29, 1.82) is 0 Å². The third kappa shape index (κ3) is 3.92. The number of carbonyl (C=O) groups is 1. The summed E-state index contributed by atoms with van der Waals surface area (Å²) in [5, 5.41) is 24.2. The Morgan fingerprint density at radius 2 is 1.87 bits per heavy atom. The van der Waals surface area contributed by atoms with Crippen molar-refractivity contribution in [1.82, 2.24) is 9.88 Å². The van der Waals surface area contributed by atoms with Gasteiger partial charge in [-0.15, -0.1) is 11.3 Å². The fourth-order valence-electron chi connectivity index (χ4n) is 4.46. The lowest BCUT2D eigenvalue weighted by Crippen LogP contribution is -2.46. The van der Waals surface area contributed by atoms with Gasteiger partial charge in [-0.25, -0.2) is 4.79 Å². The molecule has 0 bridgehead atoms. The van der Waals surface area contributed by atoms with Gasteiger partial charge in [0.2, 0.25) is 0 Å². The van der Waals surface area contributed by atoms with Crippen molar-refractivity contribution in [2.45, 2.75) is 12.5 Å². The smallest absolute Gasteiger partial charge is 0.352 e. The number of aromatic carboxylic acids is 1. The summed E-state index contributed by atoms with van der Waals surface area (Å²) in [5.74, 6) is -0.941. The minimum Gasteiger partial charge on any atom is -0.477 e. The molecule has 31 heavy (non-hydrogen) atoms. The van der Waals surface area contributed by atoms with E-state index in [0.29, 0.717) is 0 Å². The van der Waals surface area contributed by atoms with Crippen LogP contribution in [0.3, 0.4) is 0 Å². The number of nitrogens with one attached hydrogen (secondary N) is 1. The number of fused-ring (bicyclic) bond motifs is 2. The summed E-state index contributed by atoms with van der Waals surface area (Å²) in [7, 11) is 0. The SMILES string of the molecule is O=C(O)c1cc2c(N3CCN(CCC(O)c4csc5ccccc45)CC3)cccc2[nH]1. The van der Waals surface area contributed by atoms with Crippen LogP contribution in [0, 0.1) is 0 Å². The maximum absolute atomic E-state index is 11.3. The number of piperazine rings is 1. The number of thiophene rings is 1. The molecule has 3 heterocycles. The largest absolute Gasteiger partial charge is 0.477 e. The number of aliphatic hydroxyl groups is 1. The van der Waals surface area contributed by atoms with Crippen LogP contribution in [0.1, 0.15) is 28.6 Å². The highest BCUT2D eigenvalue weighted by Gasteiger charge is 2.21. The number of hydrogen-bond acceptors (Lipinski definition) is 5. The normalized spacial score (nSPS) is 16.2. The summed E-state index contributed by atoms with van der Waals surface area (Å²) in [6, 6.07) is 15.9. The molecule has 1 saturated heterocycles. The molecular weight excluding hydrogens is 410 g/mol. The third-order valence-corrected chi connectivity index (χ3v) is 7.15. The fourth-order valence-corrected chi connectivity index (χ4v) is 5.47. The summed E-state index contributed by atoms with van der Waals surface area (Å²) in [4.78, 5) is 19.0. The number of hydrogen-bond donors (Lipinski definition) is 3. The lowest BCUT2D eigenvalue weighted by molar-refractivity contribution is 0.0691. The van der Waals surface area contributed by atoms with Crippen molar-refractivity contribution < 1.29 is 15.0 Å². The molecule has 7 heteroatoms. The lowest BCUT2D eigenvalue weighted by atomic mass is 10.1. The summed E-state index contributed by atoms with van der Waals surface area (Å²) < 4.78 is 1.22. The molecule has 0 radical (unpaired) electrons. The molecule has 4 aromatic rings. The number of anilines is 1. The van der Waals surface area contributed by atoms with Crippen molar-refractivity contribution in [3.05, 3.63) is 65.2 Å². The average molecular weight is 436 g/mol. The molecule has 2 aromatic carbocycles. The van der Waals surface area contributed by atoms with Crippen LogP contribution in [0.2, 0.25) is 0 Å². The van der Waals surface area contributed by atoms with Gasteiger partial charge < -0.3 is 20.1 Å². The maximum Gasteiger partial charge on any atom is 0.352 e. The van der Waals surface area contributed by atoms with Gasteiger partial charge in [-0.05, 0) is 47.0 Å². The van der Waals surface area contributed by atoms with Crippen LogP contribution in [0.4, 0.5) is 5.69 Å². The number of rotatable bonds is 6. The van der Waals surface area contributed by atoms with Crippen LogP contribution in [0.5, 0.6) is 0 Å². The van der Waals surface area contributed by atoms with Gasteiger partial charge in [-0.3, -0.25) is 4.90 Å². The molecule has 0 aliphatic carbocycles. The molecular formula is C24H25N3O3S. The first-order valence-electron chi connectivity index (χ1n) is 10.6. The highest BCUT2D eigenvalue weighted by atomic mass is 32.1. The molecule has 6 nitrogen and oxygen atoms in total. The second-order valence-electron chi connectivity index (χ2n) is 8.05. The van der Waals surface area contributed by atoms with Crippen molar-refractivity contribution in [3.63, 3.8) is 0 Å². The Morgan fingerprint density at radius 3 is 2.68 bits per heavy atom. The molecule has 0 amide bonds. The van der Waals surface area contributed by atoms with Crippen LogP contribution < -0.4 is 4.90 Å². The molecule has 5 rings (SSSR count). The van der Waals surface area contributed by atoms with Crippen LogP contribution >= 0.6 is 11.3 Å². The van der Waals surface area contributed by atoms with Crippen LogP contribution in [0.25, 0.3) is 21.0 Å². The Kier molecular flexibility index (Phi) is 5.40. The standard InChI is InChI=1S/C24H25N3O3S/c28-22(18-15-31-23-7-2-1-4-16(18)23)8-9-26-10-12-27(13-11-26)21-6-3-5-19-17(21)14-20(25-19)24(29)30/h1-7,14-15,22,25,28H,8-13H2,(H,29,30). The Hall–Kier alpha value is -2.87. The number of benzene rings is 2. The van der Waals surface area contributed by atoms with Crippen LogP contribution in [-0.2, 0) is 0 Å². The van der Waals surface area contributed by atoms with E-state index in [0.717, 1.165) is 66.7 Å². The van der Waals surface area contributed by atoms with E-state index in [1.54, 1.807) is 17.4 Å². The molecule has 1 aliphatic rings. The summed E-state index contributed by atoms with van der Waals surface area (Å²) in [6.07, 6.45) is 0.271. The first-order valence-corrected chi connectivity index (χ1v) is 11.4. The highest BCUT2D eigenvalue weighted by Crippen LogP contribution is 2.32. The minimum absolute atomic E-state index is 0.219. The molecule has 1 fully saturated rings. The second kappa shape index (κ2) is 8.34. The molecule has 0 saturated carbocycles. The molecule has 160 valence electrons. The van der Waals surface area contributed by atoms with Gasteiger partial charge in [0.15, 0.2) is 0 Å². The maximum atomic E-state index is 11.3. The van der Waals surface area contributed by atoms with Gasteiger partial charge in [0, 0.05) is 54.0 Å². The Morgan fingerprint density at radius 1 is 1.06 bits per heavy atom. The van der Waals surface area contributed by atoms with Crippen LogP contribution in [-0.4, -0.2) is 58.8 Å². The first kappa shape index (κ1) is 20.1. The van der Waals surface area contributed by atoms with E-state index in [4.69, 9.17) is 0 Å². The van der Waals surface area contributed by atoms with Gasteiger partial charge in [0.1, 0.15) is 5.69 Å². The van der Waals surface area contributed by atoms with Gasteiger partial charge in [0.05, 0.1) is 6.10 Å². The van der Waals surface area contributed by atoms with Crippen molar-refractivity contribution in [2.24, 2.45) is 0 Å². The summed E-state index contributed by atoms with van der Waals surface area (Å²) in [6.45, 7) is 4.46. The zero-order chi connectivity index (χ0) is 21.4. The average Bonchev–Trinajstić information content (AvgIpc) is 3.42. The summed E-state index contributed by atoms with van der Waals surface area (Å²) >= 11 is 1.69. The zero-order valence-electron chi connectivity index (χ0n) is 17.1. The Bertz CT molecular complexity index is 1220. The van der Waals surface area contributed by atoms with Gasteiger partial charge in [-0.2, -0.15) is 0 Å². The van der Waals surface area contributed by atoms with E-state index in [-0.39, 0.29) is 5.69 Å². The molecule has 1 atom stereocenters. The summed E-state index contributed by atoms with van der Waals surface area (Å²) in [5.41, 5.74) is 3.18. The first-order chi connectivity index (χ1) is 15.1. The van der Waals surface area contributed by atoms with E-state index in [1.807, 2.05) is 24.3 Å². The topological polar surface area (TPSA) is 79.8 Å². The van der Waals surface area contributed by atoms with Gasteiger partial charge in [-0.1, -0.05) is 24.3 Å². The quantitative estimate of drug-likeness (QED) is 0.420. The number of aromatic amines is 1. The van der Waals surface area contributed by atoms with E-state index in [2.05, 4.69) is 38.4 Å². The van der Waals surface area contributed by atoms with Crippen molar-refractivity contribution in [3.8, 4) is 0 Å². The third-order valence-electron chi connectivity index (χ3n) is 6.17. The molecule has 1 unspecified atom stereocenters. The van der Waals surface area contributed by atoms with Crippen LogP contribution in [0.15, 0.2) is 53.9 Å². The van der Waals surface area contributed by atoms with E-state index >= 15 is 0 Å². The molecule has 2 aromatic heterocycles. The number of carboxylic acids is 1. The lowest BCUT2D eigenvalue weighted by Gasteiger charge is -2.36. The molecule has 0 spiro atoms. The molecule has 1 aliphatic heterocycles. The number of nitrogens with zero attached hydrogens (tertiary/aromatic N) is 2. The number of aliphatic hydroxyl groups excluding tert-OH is 1. The monoisotopic (exact) mass is 435 g/mol. The van der Waals surface area contributed by atoms with Gasteiger partial charge in [0.25, 0.3) is 0 Å². The highest BCUT2D eigenvalue weighted by molar-refractivity contribution is 7.17. The minimum atomic E-state index is -0.941. The number of carboxylic acid groups (broad SMARTS) is 1. The molecule has 3 N–H and O–H groups in total. The van der Waals surface area contributed by atoms with E-state index < -0.39 is 12.1 Å². The number of aromatic nitrogens is 1. The zero-order valence-corrected chi connectivity index (χ0v) is 17.9. The predicted octanol–water partition coefficient (Wildman–Crippen LogP) is 4.33. The number of H-pyrrole nitrogens is 1. The Labute approximate surface area is 184 Å². The van der Waals surface area contributed by atoms with E-state index in [9.17, 15) is 15.0 Å². The second-order valence-corrected chi connectivity index (χ2v) is 8.96. The van der Waals surface area contributed by atoms with Crippen molar-refractivity contribution >= 4 is 44.0 Å².